The minimum absolute atomic E-state index is 0.102. The van der Waals surface area contributed by atoms with E-state index >= 15 is 0 Å². The van der Waals surface area contributed by atoms with Crippen molar-refractivity contribution >= 4 is 5.90 Å². The van der Waals surface area contributed by atoms with E-state index in [0.717, 1.165) is 0 Å². The lowest BCUT2D eigenvalue weighted by molar-refractivity contribution is -0.211. The Balaban J connectivity index is 2.68. The van der Waals surface area contributed by atoms with E-state index in [4.69, 9.17) is 0 Å². The summed E-state index contributed by atoms with van der Waals surface area (Å²) in [5, 5.41) is 9.99. The molecule has 0 fully saturated rings. The topological polar surface area (TPSA) is 35.4 Å². The molecule has 0 atom stereocenters. The first-order valence-corrected chi connectivity index (χ1v) is 1.77. The fourth-order valence-corrected chi connectivity index (χ4v) is 0.349. The Morgan fingerprint density at radius 3 is 2.83 bits per heavy atom. The minimum atomic E-state index is -0.102. The zero-order chi connectivity index (χ0) is 4.41. The van der Waals surface area contributed by atoms with Gasteiger partial charge in [0.15, 0.2) is 0 Å². The lowest BCUT2D eigenvalue weighted by atomic mass is 10.6. The highest BCUT2D eigenvalue weighted by Crippen LogP contribution is 1.84. The third-order valence-corrected chi connectivity index (χ3v) is 0.613. The number of nitrogens with zero attached hydrogens (tertiary/aromatic N) is 1. The summed E-state index contributed by atoms with van der Waals surface area (Å²) in [6.45, 7) is 0.582. The average Bonchev–Trinajstić information content (AvgIpc) is 1.86. The second kappa shape index (κ2) is 1.12. The van der Waals surface area contributed by atoms with Gasteiger partial charge in [0.1, 0.15) is 0 Å². The molecule has 1 aliphatic rings. The summed E-state index contributed by atoms with van der Waals surface area (Å²) >= 11 is 0. The highest BCUT2D eigenvalue weighted by molar-refractivity contribution is 5.85. The average molecular weight is 82.1 g/mol. The van der Waals surface area contributed by atoms with Crippen molar-refractivity contribution in [3.63, 3.8) is 0 Å². The summed E-state index contributed by atoms with van der Waals surface area (Å²) in [7, 11) is 0. The van der Waals surface area contributed by atoms with Gasteiger partial charge in [-0.2, -0.15) is 0 Å². The van der Waals surface area contributed by atoms with Gasteiger partial charge in [-0.05, 0) is 5.90 Å². The molecule has 1 aliphatic heterocycles. The van der Waals surface area contributed by atoms with E-state index in [2.05, 4.69) is 4.99 Å². The molecule has 2 heteroatoms. The number of hydrogen-bond donors (Lipinski definition) is 0. The number of rotatable bonds is 0. The summed E-state index contributed by atoms with van der Waals surface area (Å²) in [6, 6.07) is 0. The summed E-state index contributed by atoms with van der Waals surface area (Å²) in [5.74, 6) is -0.102. The largest absolute Gasteiger partial charge is 0.859 e. The van der Waals surface area contributed by atoms with Crippen molar-refractivity contribution in [1.29, 1.82) is 0 Å². The fraction of sp³-hybridized carbons (Fsp3) is 0.250. The first-order valence-electron chi connectivity index (χ1n) is 1.77. The van der Waals surface area contributed by atoms with Crippen LogP contribution < -0.4 is 5.11 Å². The Hall–Kier alpha value is -0.790. The van der Waals surface area contributed by atoms with E-state index in [1.807, 2.05) is 0 Å². The highest BCUT2D eigenvalue weighted by Gasteiger charge is 1.79. The van der Waals surface area contributed by atoms with Crippen molar-refractivity contribution in [3.8, 4) is 0 Å². The van der Waals surface area contributed by atoms with Crippen molar-refractivity contribution in [1.82, 2.24) is 0 Å². The molecule has 0 N–H and O–H groups in total. The second-order valence-corrected chi connectivity index (χ2v) is 1.08. The van der Waals surface area contributed by atoms with Gasteiger partial charge >= 0.3 is 0 Å². The zero-order valence-corrected chi connectivity index (χ0v) is 3.22. The van der Waals surface area contributed by atoms with Gasteiger partial charge in [0.25, 0.3) is 0 Å². The van der Waals surface area contributed by atoms with Gasteiger partial charge in [0, 0.05) is 0 Å². The third-order valence-electron chi connectivity index (χ3n) is 0.613. The zero-order valence-electron chi connectivity index (χ0n) is 3.22. The molecule has 0 aromatic rings. The predicted octanol–water partition coefficient (Wildman–Crippen LogP) is -0.685. The Morgan fingerprint density at radius 1 is 1.83 bits per heavy atom. The molecular weight excluding hydrogens is 78.0 g/mol. The van der Waals surface area contributed by atoms with E-state index in [0.29, 0.717) is 6.54 Å². The minimum Gasteiger partial charge on any atom is -0.859 e. The smallest absolute Gasteiger partial charge is 0.0566 e. The molecule has 0 aliphatic carbocycles. The lowest BCUT2D eigenvalue weighted by Crippen LogP contribution is -2.10. The normalized spacial score (nSPS) is 18.3. The van der Waals surface area contributed by atoms with E-state index in [-0.39, 0.29) is 5.90 Å². The van der Waals surface area contributed by atoms with Gasteiger partial charge in [-0.25, -0.2) is 0 Å². The maximum Gasteiger partial charge on any atom is 0.0566 e. The SMILES string of the molecule is [O-]C1=NCC=C1. The van der Waals surface area contributed by atoms with E-state index < -0.39 is 0 Å². The van der Waals surface area contributed by atoms with Gasteiger partial charge < -0.3 is 5.11 Å². The Kier molecular flexibility index (Phi) is 0.638. The summed E-state index contributed by atoms with van der Waals surface area (Å²) in [4.78, 5) is 3.49. The van der Waals surface area contributed by atoms with Crippen molar-refractivity contribution in [3.05, 3.63) is 12.2 Å². The van der Waals surface area contributed by atoms with E-state index in [9.17, 15) is 5.11 Å². The molecule has 0 spiro atoms. The molecule has 2 nitrogen and oxygen atoms in total. The van der Waals surface area contributed by atoms with Crippen LogP contribution in [0.4, 0.5) is 0 Å². The molecule has 0 radical (unpaired) electrons. The molecule has 6 heavy (non-hydrogen) atoms. The highest BCUT2D eigenvalue weighted by atomic mass is 16.3. The van der Waals surface area contributed by atoms with Gasteiger partial charge in [-0.1, -0.05) is 12.2 Å². The molecule has 0 amide bonds. The van der Waals surface area contributed by atoms with E-state index in [1.165, 1.54) is 6.08 Å². The number of aliphatic imine (C=N–C) groups is 1. The van der Waals surface area contributed by atoms with Crippen LogP contribution in [0, 0.1) is 0 Å². The molecule has 0 aromatic heterocycles. The van der Waals surface area contributed by atoms with E-state index in [1.54, 1.807) is 6.08 Å². The molecule has 1 heterocycles. The monoisotopic (exact) mass is 82.0 g/mol. The maximum absolute atomic E-state index is 9.99. The predicted molar refractivity (Wildman–Crippen MR) is 21.4 cm³/mol. The first-order chi connectivity index (χ1) is 2.89. The van der Waals surface area contributed by atoms with Crippen LogP contribution in [0.5, 0.6) is 0 Å². The van der Waals surface area contributed by atoms with Crippen LogP contribution in [0.25, 0.3) is 0 Å². The second-order valence-electron chi connectivity index (χ2n) is 1.08. The molecule has 0 aromatic carbocycles. The molecular formula is C4H4NO-. The Bertz CT molecular complexity index is 101. The quantitative estimate of drug-likeness (QED) is 0.381. The van der Waals surface area contributed by atoms with Crippen LogP contribution in [0.15, 0.2) is 17.1 Å². The number of hydrogen-bond acceptors (Lipinski definition) is 2. The van der Waals surface area contributed by atoms with Crippen LogP contribution in [0.2, 0.25) is 0 Å². The third kappa shape index (κ3) is 0.407. The molecule has 32 valence electrons. The van der Waals surface area contributed by atoms with Gasteiger partial charge in [-0.3, -0.25) is 4.99 Å². The molecule has 0 saturated carbocycles. The van der Waals surface area contributed by atoms with Crippen LogP contribution >= 0.6 is 0 Å². The summed E-state index contributed by atoms with van der Waals surface area (Å²) in [6.07, 6.45) is 3.21. The summed E-state index contributed by atoms with van der Waals surface area (Å²) < 4.78 is 0. The van der Waals surface area contributed by atoms with Gasteiger partial charge in [0.05, 0.1) is 6.54 Å². The van der Waals surface area contributed by atoms with Crippen molar-refractivity contribution in [2.24, 2.45) is 4.99 Å². The van der Waals surface area contributed by atoms with Crippen molar-refractivity contribution < 1.29 is 5.11 Å². The van der Waals surface area contributed by atoms with Crippen LogP contribution in [-0.2, 0) is 0 Å². The van der Waals surface area contributed by atoms with Crippen LogP contribution in [-0.4, -0.2) is 12.4 Å². The van der Waals surface area contributed by atoms with Crippen molar-refractivity contribution in [2.45, 2.75) is 0 Å². The molecule has 0 saturated heterocycles. The van der Waals surface area contributed by atoms with Crippen LogP contribution in [0.1, 0.15) is 0 Å². The standard InChI is InChI=1S/C4H5NO/c6-4-2-1-3-5-4/h1-2H,3H2,(H,5,6)/p-1. The maximum atomic E-state index is 9.99. The van der Waals surface area contributed by atoms with Crippen LogP contribution in [0.3, 0.4) is 0 Å². The fourth-order valence-electron chi connectivity index (χ4n) is 0.349. The first kappa shape index (κ1) is 3.40. The van der Waals surface area contributed by atoms with Crippen molar-refractivity contribution in [2.75, 3.05) is 6.54 Å². The van der Waals surface area contributed by atoms with Gasteiger partial charge in [-0.15, -0.1) is 0 Å². The molecule has 0 unspecified atom stereocenters. The molecule has 0 bridgehead atoms. The Labute approximate surface area is 35.8 Å². The summed E-state index contributed by atoms with van der Waals surface area (Å²) in [5.41, 5.74) is 0. The molecule has 1 rings (SSSR count). The lowest BCUT2D eigenvalue weighted by Gasteiger charge is -1.93. The Morgan fingerprint density at radius 2 is 2.67 bits per heavy atom. The van der Waals surface area contributed by atoms with Gasteiger partial charge in [0.2, 0.25) is 0 Å².